The molecule has 0 bridgehead atoms. The van der Waals surface area contributed by atoms with Gasteiger partial charge in [-0.2, -0.15) is 0 Å². The summed E-state index contributed by atoms with van der Waals surface area (Å²) >= 11 is 11.9. The molecule has 1 atom stereocenters. The van der Waals surface area contributed by atoms with Gasteiger partial charge >= 0.3 is 0 Å². The van der Waals surface area contributed by atoms with Crippen LogP contribution in [0.1, 0.15) is 22.8 Å². The second kappa shape index (κ2) is 8.38. The fourth-order valence-corrected chi connectivity index (χ4v) is 2.84. The predicted molar refractivity (Wildman–Crippen MR) is 95.8 cm³/mol. The first-order valence-electron chi connectivity index (χ1n) is 7.47. The average Bonchev–Trinajstić information content (AvgIpc) is 2.52. The molecule has 1 amide bonds. The molecule has 0 heterocycles. The molecule has 0 aliphatic heterocycles. The maximum Gasteiger partial charge on any atom is 0.258 e. The van der Waals surface area contributed by atoms with Crippen molar-refractivity contribution in [1.29, 1.82) is 0 Å². The van der Waals surface area contributed by atoms with Gasteiger partial charge < -0.3 is 15.2 Å². The van der Waals surface area contributed by atoms with Gasteiger partial charge in [-0.1, -0.05) is 47.5 Å². The van der Waals surface area contributed by atoms with Gasteiger partial charge in [-0.15, -0.1) is 0 Å². The number of ether oxygens (including phenoxy) is 1. The summed E-state index contributed by atoms with van der Waals surface area (Å²) in [6.07, 6.45) is -0.918. The van der Waals surface area contributed by atoms with Gasteiger partial charge in [0.05, 0.1) is 6.10 Å². The maximum atomic E-state index is 11.9. The zero-order valence-electron chi connectivity index (χ0n) is 13.5. The summed E-state index contributed by atoms with van der Waals surface area (Å²) in [6.45, 7) is 3.77. The number of carbonyl (C=O) groups excluding carboxylic acids is 1. The molecule has 2 aromatic rings. The van der Waals surface area contributed by atoms with E-state index in [0.717, 1.165) is 11.1 Å². The highest BCUT2D eigenvalue weighted by molar-refractivity contribution is 6.35. The van der Waals surface area contributed by atoms with Crippen molar-refractivity contribution in [3.8, 4) is 5.75 Å². The summed E-state index contributed by atoms with van der Waals surface area (Å²) in [5, 5.41) is 13.6. The molecule has 0 saturated heterocycles. The molecule has 0 aromatic heterocycles. The number of nitrogens with one attached hydrogen (secondary N) is 1. The Morgan fingerprint density at radius 1 is 1.21 bits per heavy atom. The molecule has 2 rings (SSSR count). The second-order valence-electron chi connectivity index (χ2n) is 5.50. The predicted octanol–water partition coefficient (Wildman–Crippen LogP) is 3.84. The molecule has 0 aliphatic carbocycles. The number of para-hydroxylation sites is 1. The smallest absolute Gasteiger partial charge is 0.258 e. The van der Waals surface area contributed by atoms with Crippen LogP contribution >= 0.6 is 23.2 Å². The number of aliphatic hydroxyl groups excluding tert-OH is 1. The Hall–Kier alpha value is -1.75. The van der Waals surface area contributed by atoms with E-state index in [9.17, 15) is 9.90 Å². The van der Waals surface area contributed by atoms with Crippen molar-refractivity contribution in [2.24, 2.45) is 0 Å². The number of aliphatic hydroxyl groups is 1. The van der Waals surface area contributed by atoms with Crippen molar-refractivity contribution in [3.05, 3.63) is 63.1 Å². The Kier molecular flexibility index (Phi) is 6.49. The highest BCUT2D eigenvalue weighted by Crippen LogP contribution is 2.26. The van der Waals surface area contributed by atoms with E-state index in [1.165, 1.54) is 0 Å². The van der Waals surface area contributed by atoms with Gasteiger partial charge in [0.25, 0.3) is 5.91 Å². The van der Waals surface area contributed by atoms with Crippen molar-refractivity contribution >= 4 is 29.1 Å². The van der Waals surface area contributed by atoms with E-state index in [-0.39, 0.29) is 19.1 Å². The minimum atomic E-state index is -0.918. The molecule has 128 valence electrons. The van der Waals surface area contributed by atoms with Crippen LogP contribution in [0.5, 0.6) is 5.75 Å². The third kappa shape index (κ3) is 4.87. The largest absolute Gasteiger partial charge is 0.483 e. The number of aryl methyl sites for hydroxylation is 2. The molecule has 2 aromatic carbocycles. The van der Waals surface area contributed by atoms with Gasteiger partial charge in [0.1, 0.15) is 5.75 Å². The molecule has 6 heteroatoms. The number of rotatable bonds is 6. The van der Waals surface area contributed by atoms with E-state index in [1.54, 1.807) is 18.2 Å². The van der Waals surface area contributed by atoms with Gasteiger partial charge in [0.2, 0.25) is 0 Å². The Balaban J connectivity index is 1.87. The van der Waals surface area contributed by atoms with Crippen molar-refractivity contribution in [3.63, 3.8) is 0 Å². The van der Waals surface area contributed by atoms with Crippen LogP contribution in [0, 0.1) is 13.8 Å². The van der Waals surface area contributed by atoms with Crippen LogP contribution in [-0.4, -0.2) is 24.2 Å². The molecular weight excluding hydrogens is 349 g/mol. The summed E-state index contributed by atoms with van der Waals surface area (Å²) in [7, 11) is 0. The second-order valence-corrected chi connectivity index (χ2v) is 6.34. The van der Waals surface area contributed by atoms with Crippen molar-refractivity contribution in [2.75, 3.05) is 13.2 Å². The standard InChI is InChI=1S/C18H19Cl2NO3/c1-11-4-3-5-12(2)18(11)24-10-17(23)21-9-16(22)14-7-6-13(19)8-15(14)20/h3-8,16,22H,9-10H2,1-2H3,(H,21,23). The maximum absolute atomic E-state index is 11.9. The van der Waals surface area contributed by atoms with Crippen molar-refractivity contribution in [2.45, 2.75) is 20.0 Å². The molecule has 0 aliphatic rings. The summed E-state index contributed by atoms with van der Waals surface area (Å²) < 4.78 is 5.57. The summed E-state index contributed by atoms with van der Waals surface area (Å²) in [5.41, 5.74) is 2.45. The number of hydrogen-bond acceptors (Lipinski definition) is 3. The lowest BCUT2D eigenvalue weighted by molar-refractivity contribution is -0.123. The lowest BCUT2D eigenvalue weighted by atomic mass is 10.1. The first-order valence-corrected chi connectivity index (χ1v) is 8.23. The number of hydrogen-bond donors (Lipinski definition) is 2. The number of amides is 1. The number of carbonyl (C=O) groups is 1. The average molecular weight is 368 g/mol. The first kappa shape index (κ1) is 18.6. The molecule has 24 heavy (non-hydrogen) atoms. The van der Waals surface area contributed by atoms with E-state index in [1.807, 2.05) is 32.0 Å². The Bertz CT molecular complexity index is 714. The Morgan fingerprint density at radius 2 is 1.88 bits per heavy atom. The molecule has 2 N–H and O–H groups in total. The van der Waals surface area contributed by atoms with E-state index >= 15 is 0 Å². The summed E-state index contributed by atoms with van der Waals surface area (Å²) in [6, 6.07) is 10.6. The van der Waals surface area contributed by atoms with E-state index in [0.29, 0.717) is 21.4 Å². The summed E-state index contributed by atoms with van der Waals surface area (Å²) in [4.78, 5) is 11.9. The monoisotopic (exact) mass is 367 g/mol. The topological polar surface area (TPSA) is 58.6 Å². The molecule has 0 fully saturated rings. The zero-order valence-corrected chi connectivity index (χ0v) is 15.0. The SMILES string of the molecule is Cc1cccc(C)c1OCC(=O)NCC(O)c1ccc(Cl)cc1Cl. The fraction of sp³-hybridized carbons (Fsp3) is 0.278. The molecule has 0 spiro atoms. The van der Waals surface area contributed by atoms with Crippen LogP contribution < -0.4 is 10.1 Å². The van der Waals surface area contributed by atoms with Gasteiger partial charge in [-0.3, -0.25) is 4.79 Å². The lowest BCUT2D eigenvalue weighted by Gasteiger charge is -2.15. The van der Waals surface area contributed by atoms with Gasteiger partial charge in [0, 0.05) is 22.2 Å². The molecule has 1 unspecified atom stereocenters. The highest BCUT2D eigenvalue weighted by atomic mass is 35.5. The van der Waals surface area contributed by atoms with Crippen LogP contribution in [0.2, 0.25) is 10.0 Å². The van der Waals surface area contributed by atoms with Crippen LogP contribution in [0.3, 0.4) is 0 Å². The van der Waals surface area contributed by atoms with Crippen molar-refractivity contribution in [1.82, 2.24) is 5.32 Å². The highest BCUT2D eigenvalue weighted by Gasteiger charge is 2.14. The molecule has 4 nitrogen and oxygen atoms in total. The molecule has 0 radical (unpaired) electrons. The number of benzene rings is 2. The molecule has 0 saturated carbocycles. The number of halogens is 2. The Labute approximate surface area is 151 Å². The quantitative estimate of drug-likeness (QED) is 0.815. The first-order chi connectivity index (χ1) is 11.4. The van der Waals surface area contributed by atoms with E-state index < -0.39 is 6.10 Å². The summed E-state index contributed by atoms with van der Waals surface area (Å²) in [5.74, 6) is 0.385. The van der Waals surface area contributed by atoms with Crippen LogP contribution in [-0.2, 0) is 4.79 Å². The lowest BCUT2D eigenvalue weighted by Crippen LogP contribution is -2.32. The van der Waals surface area contributed by atoms with Gasteiger partial charge in [-0.25, -0.2) is 0 Å². The minimum absolute atomic E-state index is 0.0380. The van der Waals surface area contributed by atoms with Crippen LogP contribution in [0.4, 0.5) is 0 Å². The van der Waals surface area contributed by atoms with E-state index in [2.05, 4.69) is 5.32 Å². The Morgan fingerprint density at radius 3 is 2.50 bits per heavy atom. The van der Waals surface area contributed by atoms with Crippen LogP contribution in [0.25, 0.3) is 0 Å². The van der Waals surface area contributed by atoms with Gasteiger partial charge in [0.15, 0.2) is 6.61 Å². The van der Waals surface area contributed by atoms with Crippen LogP contribution in [0.15, 0.2) is 36.4 Å². The zero-order chi connectivity index (χ0) is 17.7. The third-order valence-electron chi connectivity index (χ3n) is 3.57. The molecular formula is C18H19Cl2NO3. The normalized spacial score (nSPS) is 11.9. The van der Waals surface area contributed by atoms with E-state index in [4.69, 9.17) is 27.9 Å². The minimum Gasteiger partial charge on any atom is -0.483 e. The third-order valence-corrected chi connectivity index (χ3v) is 4.13. The fourth-order valence-electron chi connectivity index (χ4n) is 2.31. The van der Waals surface area contributed by atoms with Gasteiger partial charge in [-0.05, 0) is 37.1 Å². The van der Waals surface area contributed by atoms with Crippen molar-refractivity contribution < 1.29 is 14.6 Å².